The number of halogens is 2. The van der Waals surface area contributed by atoms with Gasteiger partial charge >= 0.3 is 5.97 Å². The molecule has 25 heavy (non-hydrogen) atoms. The third-order valence-corrected chi connectivity index (χ3v) is 5.75. The maximum absolute atomic E-state index is 13.8. The number of hydrogen-bond acceptors (Lipinski definition) is 4. The van der Waals surface area contributed by atoms with E-state index in [-0.39, 0.29) is 41.3 Å². The summed E-state index contributed by atoms with van der Waals surface area (Å²) in [6.07, 6.45) is 0.168. The molecule has 0 spiro atoms. The van der Waals surface area contributed by atoms with Gasteiger partial charge in [0.15, 0.2) is 0 Å². The van der Waals surface area contributed by atoms with Crippen LogP contribution in [0.1, 0.15) is 22.8 Å². The minimum Gasteiger partial charge on any atom is -0.462 e. The van der Waals surface area contributed by atoms with Crippen LogP contribution in [-0.4, -0.2) is 27.5 Å². The molecule has 1 aliphatic rings. The third kappa shape index (κ3) is 3.09. The lowest BCUT2D eigenvalue weighted by Gasteiger charge is -2.19. The summed E-state index contributed by atoms with van der Waals surface area (Å²) in [6, 6.07) is 6.98. The Morgan fingerprint density at radius 2 is 1.88 bits per heavy atom. The predicted octanol–water partition coefficient (Wildman–Crippen LogP) is 2.89. The minimum atomic E-state index is -3.99. The van der Waals surface area contributed by atoms with E-state index in [0.29, 0.717) is 0 Å². The lowest BCUT2D eigenvalue weighted by atomic mass is 10.1. The van der Waals surface area contributed by atoms with Crippen molar-refractivity contribution >= 4 is 21.7 Å². The number of fused-ring (bicyclic) bond motifs is 1. The van der Waals surface area contributed by atoms with Crippen molar-refractivity contribution in [2.45, 2.75) is 18.2 Å². The van der Waals surface area contributed by atoms with E-state index in [1.807, 2.05) is 0 Å². The lowest BCUT2D eigenvalue weighted by molar-refractivity contribution is 0.0526. The SMILES string of the molecule is CCOC(=O)c1ccc(S(=O)(=O)N2CCc3c(F)cc(F)cc32)cc1. The van der Waals surface area contributed by atoms with E-state index in [1.54, 1.807) is 6.92 Å². The summed E-state index contributed by atoms with van der Waals surface area (Å²) in [5.74, 6) is -2.15. The van der Waals surface area contributed by atoms with Crippen molar-refractivity contribution in [3.8, 4) is 0 Å². The van der Waals surface area contributed by atoms with Crippen molar-refractivity contribution in [2.75, 3.05) is 17.5 Å². The highest BCUT2D eigenvalue weighted by atomic mass is 32.2. The average Bonchev–Trinajstić information content (AvgIpc) is 3.00. The fourth-order valence-corrected chi connectivity index (χ4v) is 4.24. The van der Waals surface area contributed by atoms with Crippen LogP contribution in [0.3, 0.4) is 0 Å². The normalized spacial score (nSPS) is 13.6. The van der Waals surface area contributed by atoms with E-state index in [9.17, 15) is 22.0 Å². The van der Waals surface area contributed by atoms with Crippen LogP contribution in [0.25, 0.3) is 0 Å². The van der Waals surface area contributed by atoms with Crippen LogP contribution in [0, 0.1) is 11.6 Å². The molecule has 1 heterocycles. The number of hydrogen-bond donors (Lipinski definition) is 0. The first-order valence-corrected chi connectivity index (χ1v) is 9.06. The van der Waals surface area contributed by atoms with Gasteiger partial charge < -0.3 is 4.74 Å². The first-order valence-electron chi connectivity index (χ1n) is 7.62. The summed E-state index contributed by atoms with van der Waals surface area (Å²) in [5.41, 5.74) is 0.403. The highest BCUT2D eigenvalue weighted by Crippen LogP contribution is 2.35. The van der Waals surface area contributed by atoms with Crippen LogP contribution in [0.2, 0.25) is 0 Å². The van der Waals surface area contributed by atoms with E-state index in [1.165, 1.54) is 24.3 Å². The molecule has 0 atom stereocenters. The molecule has 5 nitrogen and oxygen atoms in total. The fraction of sp³-hybridized carbons (Fsp3) is 0.235. The molecule has 0 bridgehead atoms. The summed E-state index contributed by atoms with van der Waals surface area (Å²) in [7, 11) is -3.99. The third-order valence-electron chi connectivity index (χ3n) is 3.92. The summed E-state index contributed by atoms with van der Waals surface area (Å²) >= 11 is 0. The molecule has 0 aromatic heterocycles. The molecule has 0 saturated carbocycles. The Bertz CT molecular complexity index is 926. The Kier molecular flexibility index (Phi) is 4.47. The predicted molar refractivity (Wildman–Crippen MR) is 87.0 cm³/mol. The van der Waals surface area contributed by atoms with Crippen molar-refractivity contribution in [1.29, 1.82) is 0 Å². The van der Waals surface area contributed by atoms with Crippen LogP contribution in [0.5, 0.6) is 0 Å². The number of nitrogens with zero attached hydrogens (tertiary/aromatic N) is 1. The zero-order valence-corrected chi connectivity index (χ0v) is 14.1. The lowest BCUT2D eigenvalue weighted by Crippen LogP contribution is -2.29. The largest absolute Gasteiger partial charge is 0.462 e. The summed E-state index contributed by atoms with van der Waals surface area (Å²) in [4.78, 5) is 11.6. The van der Waals surface area contributed by atoms with Crippen LogP contribution in [0.15, 0.2) is 41.3 Å². The molecule has 2 aromatic rings. The van der Waals surface area contributed by atoms with Crippen LogP contribution >= 0.6 is 0 Å². The van der Waals surface area contributed by atoms with Crippen LogP contribution in [0.4, 0.5) is 14.5 Å². The molecular formula is C17H15F2NO4S. The van der Waals surface area contributed by atoms with Gasteiger partial charge in [0, 0.05) is 18.2 Å². The first-order chi connectivity index (χ1) is 11.8. The van der Waals surface area contributed by atoms with E-state index < -0.39 is 27.6 Å². The first kappa shape index (κ1) is 17.3. The minimum absolute atomic E-state index is 0.00645. The Morgan fingerprint density at radius 3 is 2.52 bits per heavy atom. The quantitative estimate of drug-likeness (QED) is 0.780. The molecule has 3 rings (SSSR count). The second-order valence-corrected chi connectivity index (χ2v) is 7.32. The average molecular weight is 367 g/mol. The number of carbonyl (C=O) groups excluding carboxylic acids is 1. The van der Waals surface area contributed by atoms with Crippen LogP contribution < -0.4 is 4.31 Å². The van der Waals surface area contributed by atoms with Gasteiger partial charge in [-0.1, -0.05) is 0 Å². The van der Waals surface area contributed by atoms with Gasteiger partial charge in [0.1, 0.15) is 11.6 Å². The number of carbonyl (C=O) groups is 1. The molecule has 0 saturated heterocycles. The maximum atomic E-state index is 13.8. The Balaban J connectivity index is 1.95. The Labute approximate surface area is 143 Å². The number of anilines is 1. The monoisotopic (exact) mass is 367 g/mol. The van der Waals surface area contributed by atoms with E-state index in [4.69, 9.17) is 4.74 Å². The topological polar surface area (TPSA) is 63.7 Å². The summed E-state index contributed by atoms with van der Waals surface area (Å²) < 4.78 is 58.7. The highest BCUT2D eigenvalue weighted by molar-refractivity contribution is 7.92. The zero-order valence-electron chi connectivity index (χ0n) is 13.3. The molecule has 0 radical (unpaired) electrons. The number of benzene rings is 2. The van der Waals surface area contributed by atoms with Crippen molar-refractivity contribution < 1.29 is 26.7 Å². The molecule has 8 heteroatoms. The highest BCUT2D eigenvalue weighted by Gasteiger charge is 2.33. The Hall–Kier alpha value is -2.48. The second-order valence-electron chi connectivity index (χ2n) is 5.46. The van der Waals surface area contributed by atoms with Gasteiger partial charge in [0.2, 0.25) is 0 Å². The molecule has 132 valence electrons. The molecule has 0 amide bonds. The zero-order chi connectivity index (χ0) is 18.2. The van der Waals surface area contributed by atoms with Crippen molar-refractivity contribution in [1.82, 2.24) is 0 Å². The molecule has 0 fully saturated rings. The summed E-state index contributed by atoms with van der Waals surface area (Å²) in [5, 5.41) is 0. The number of rotatable bonds is 4. The molecule has 0 aliphatic carbocycles. The molecule has 0 N–H and O–H groups in total. The summed E-state index contributed by atoms with van der Waals surface area (Å²) in [6.45, 7) is 1.90. The van der Waals surface area contributed by atoms with Gasteiger partial charge in [0.05, 0.1) is 22.8 Å². The molecule has 0 unspecified atom stereocenters. The van der Waals surface area contributed by atoms with E-state index in [2.05, 4.69) is 0 Å². The Morgan fingerprint density at radius 1 is 1.20 bits per heavy atom. The van der Waals surface area contributed by atoms with Crippen LogP contribution in [-0.2, 0) is 21.2 Å². The van der Waals surface area contributed by atoms with Gasteiger partial charge in [-0.2, -0.15) is 0 Å². The maximum Gasteiger partial charge on any atom is 0.338 e. The second kappa shape index (κ2) is 6.44. The van der Waals surface area contributed by atoms with Crippen molar-refractivity contribution in [2.24, 2.45) is 0 Å². The van der Waals surface area contributed by atoms with E-state index in [0.717, 1.165) is 16.4 Å². The number of sulfonamides is 1. The van der Waals surface area contributed by atoms with E-state index >= 15 is 0 Å². The van der Waals surface area contributed by atoms with Gasteiger partial charge in [-0.3, -0.25) is 4.31 Å². The molecule has 2 aromatic carbocycles. The number of esters is 1. The van der Waals surface area contributed by atoms with Crippen molar-refractivity contribution in [3.05, 3.63) is 59.2 Å². The van der Waals surface area contributed by atoms with Gasteiger partial charge in [0.25, 0.3) is 10.0 Å². The van der Waals surface area contributed by atoms with Gasteiger partial charge in [-0.25, -0.2) is 22.0 Å². The molecule has 1 aliphatic heterocycles. The standard InChI is InChI=1S/C17H15F2NO4S/c1-2-24-17(21)11-3-5-13(6-4-11)25(22,23)20-8-7-14-15(19)9-12(18)10-16(14)20/h3-6,9-10H,2,7-8H2,1H3. The molecular weight excluding hydrogens is 352 g/mol. The van der Waals surface area contributed by atoms with Crippen molar-refractivity contribution in [3.63, 3.8) is 0 Å². The van der Waals surface area contributed by atoms with Gasteiger partial charge in [-0.05, 0) is 43.7 Å². The smallest absolute Gasteiger partial charge is 0.338 e. The van der Waals surface area contributed by atoms with Gasteiger partial charge in [-0.15, -0.1) is 0 Å². The number of ether oxygens (including phenoxy) is 1. The fourth-order valence-electron chi connectivity index (χ4n) is 2.75.